The minimum atomic E-state index is 0.103. The smallest absolute Gasteiger partial charge is 0.225 e. The Labute approximate surface area is 128 Å². The van der Waals surface area contributed by atoms with Crippen LogP contribution in [0, 0.1) is 11.8 Å². The van der Waals surface area contributed by atoms with Gasteiger partial charge in [-0.15, -0.1) is 0 Å². The first-order valence-electron chi connectivity index (χ1n) is 8.36. The van der Waals surface area contributed by atoms with Crippen molar-refractivity contribution < 1.29 is 4.79 Å². The van der Waals surface area contributed by atoms with E-state index in [0.717, 1.165) is 44.4 Å². The Hall–Kier alpha value is -1.26. The van der Waals surface area contributed by atoms with Crippen LogP contribution in [0.15, 0.2) is 4.99 Å². The van der Waals surface area contributed by atoms with Crippen LogP contribution in [-0.4, -0.2) is 49.5 Å². The minimum Gasteiger partial charge on any atom is -0.356 e. The van der Waals surface area contributed by atoms with Gasteiger partial charge in [0.2, 0.25) is 5.91 Å². The van der Waals surface area contributed by atoms with Crippen LogP contribution in [0.3, 0.4) is 0 Å². The molecule has 2 N–H and O–H groups in total. The fraction of sp³-hybridized carbons (Fsp3) is 0.875. The number of carbonyl (C=O) groups excluding carboxylic acids is 1. The lowest BCUT2D eigenvalue weighted by Crippen LogP contribution is -2.50. The molecule has 1 amide bonds. The number of aliphatic imine (C=N–C) groups is 1. The van der Waals surface area contributed by atoms with Gasteiger partial charge in [-0.05, 0) is 25.2 Å². The molecule has 0 radical (unpaired) electrons. The molecule has 2 rings (SSSR count). The molecular formula is C16H30N4O. The standard InChI is InChI=1S/C16H30N4O/c1-12(2)15(21)20-10-7-14(8-11-20)19-16(17-3)18-9-6-13-4-5-13/h12-14H,4-11H2,1-3H3,(H2,17,18,19). The molecule has 0 aromatic rings. The summed E-state index contributed by atoms with van der Waals surface area (Å²) in [6.07, 6.45) is 6.05. The SMILES string of the molecule is CN=C(NCCC1CC1)NC1CCN(C(=O)C(C)C)CC1. The van der Waals surface area contributed by atoms with Gasteiger partial charge in [-0.3, -0.25) is 9.79 Å². The Morgan fingerprint density at radius 2 is 1.90 bits per heavy atom. The number of likely N-dealkylation sites (tertiary alicyclic amines) is 1. The van der Waals surface area contributed by atoms with Crippen molar-refractivity contribution in [2.24, 2.45) is 16.8 Å². The van der Waals surface area contributed by atoms with Crippen LogP contribution in [-0.2, 0) is 4.79 Å². The van der Waals surface area contributed by atoms with Crippen LogP contribution in [0.1, 0.15) is 46.0 Å². The van der Waals surface area contributed by atoms with Crippen LogP contribution in [0.4, 0.5) is 0 Å². The van der Waals surface area contributed by atoms with Crippen LogP contribution >= 0.6 is 0 Å². The highest BCUT2D eigenvalue weighted by Crippen LogP contribution is 2.31. The zero-order chi connectivity index (χ0) is 15.2. The van der Waals surface area contributed by atoms with Gasteiger partial charge in [0.25, 0.3) is 0 Å². The zero-order valence-electron chi connectivity index (χ0n) is 13.7. The predicted octanol–water partition coefficient (Wildman–Crippen LogP) is 1.60. The van der Waals surface area contributed by atoms with Gasteiger partial charge in [-0.1, -0.05) is 26.7 Å². The van der Waals surface area contributed by atoms with Gasteiger partial charge in [-0.25, -0.2) is 0 Å². The van der Waals surface area contributed by atoms with Crippen molar-refractivity contribution in [2.75, 3.05) is 26.7 Å². The molecule has 1 aliphatic heterocycles. The lowest BCUT2D eigenvalue weighted by atomic mass is 10.0. The summed E-state index contributed by atoms with van der Waals surface area (Å²) in [5.41, 5.74) is 0. The number of amides is 1. The van der Waals surface area contributed by atoms with E-state index in [2.05, 4.69) is 15.6 Å². The molecule has 1 heterocycles. The normalized spacial score (nSPS) is 20.8. The summed E-state index contributed by atoms with van der Waals surface area (Å²) < 4.78 is 0. The molecule has 21 heavy (non-hydrogen) atoms. The summed E-state index contributed by atoms with van der Waals surface area (Å²) >= 11 is 0. The van der Waals surface area contributed by atoms with E-state index in [1.807, 2.05) is 25.8 Å². The second-order valence-electron chi connectivity index (χ2n) is 6.63. The van der Waals surface area contributed by atoms with Gasteiger partial charge >= 0.3 is 0 Å². The average Bonchev–Trinajstić information content (AvgIpc) is 3.30. The number of nitrogens with one attached hydrogen (secondary N) is 2. The maximum atomic E-state index is 12.0. The maximum absolute atomic E-state index is 12.0. The third-order valence-electron chi connectivity index (χ3n) is 4.41. The van der Waals surface area contributed by atoms with E-state index in [0.29, 0.717) is 6.04 Å². The number of carbonyl (C=O) groups is 1. The molecule has 1 saturated carbocycles. The Balaban J connectivity index is 1.67. The molecule has 0 atom stereocenters. The molecule has 2 aliphatic rings. The van der Waals surface area contributed by atoms with Crippen molar-refractivity contribution >= 4 is 11.9 Å². The van der Waals surface area contributed by atoms with E-state index in [9.17, 15) is 4.79 Å². The average molecular weight is 294 g/mol. The van der Waals surface area contributed by atoms with Crippen molar-refractivity contribution in [3.05, 3.63) is 0 Å². The largest absolute Gasteiger partial charge is 0.356 e. The minimum absolute atomic E-state index is 0.103. The van der Waals surface area contributed by atoms with E-state index >= 15 is 0 Å². The highest BCUT2D eigenvalue weighted by Gasteiger charge is 2.25. The first-order chi connectivity index (χ1) is 10.1. The van der Waals surface area contributed by atoms with Crippen molar-refractivity contribution in [3.63, 3.8) is 0 Å². The predicted molar refractivity (Wildman–Crippen MR) is 86.3 cm³/mol. The van der Waals surface area contributed by atoms with E-state index < -0.39 is 0 Å². The van der Waals surface area contributed by atoms with Crippen LogP contribution in [0.2, 0.25) is 0 Å². The topological polar surface area (TPSA) is 56.7 Å². The quantitative estimate of drug-likeness (QED) is 0.598. The lowest BCUT2D eigenvalue weighted by molar-refractivity contribution is -0.135. The van der Waals surface area contributed by atoms with E-state index in [1.54, 1.807) is 0 Å². The van der Waals surface area contributed by atoms with Gasteiger partial charge < -0.3 is 15.5 Å². The lowest BCUT2D eigenvalue weighted by Gasteiger charge is -2.34. The second kappa shape index (κ2) is 7.66. The zero-order valence-corrected chi connectivity index (χ0v) is 13.7. The summed E-state index contributed by atoms with van der Waals surface area (Å²) in [6, 6.07) is 0.424. The summed E-state index contributed by atoms with van der Waals surface area (Å²) in [4.78, 5) is 18.3. The second-order valence-corrected chi connectivity index (χ2v) is 6.63. The molecule has 0 aromatic heterocycles. The van der Waals surface area contributed by atoms with Crippen LogP contribution < -0.4 is 10.6 Å². The van der Waals surface area contributed by atoms with E-state index in [-0.39, 0.29) is 11.8 Å². The highest BCUT2D eigenvalue weighted by molar-refractivity contribution is 5.80. The Morgan fingerprint density at radius 1 is 1.24 bits per heavy atom. The van der Waals surface area contributed by atoms with Crippen molar-refractivity contribution in [1.29, 1.82) is 0 Å². The van der Waals surface area contributed by atoms with E-state index in [1.165, 1.54) is 19.3 Å². The monoisotopic (exact) mass is 294 g/mol. The number of guanidine groups is 1. The molecule has 0 aromatic carbocycles. The summed E-state index contributed by atoms with van der Waals surface area (Å²) in [6.45, 7) is 6.66. The number of hydrogen-bond acceptors (Lipinski definition) is 2. The fourth-order valence-corrected chi connectivity index (χ4v) is 2.80. The number of hydrogen-bond donors (Lipinski definition) is 2. The Kier molecular flexibility index (Phi) is 5.88. The van der Waals surface area contributed by atoms with Crippen molar-refractivity contribution in [1.82, 2.24) is 15.5 Å². The highest BCUT2D eigenvalue weighted by atomic mass is 16.2. The molecule has 5 heteroatoms. The Morgan fingerprint density at radius 3 is 2.43 bits per heavy atom. The van der Waals surface area contributed by atoms with E-state index in [4.69, 9.17) is 0 Å². The van der Waals surface area contributed by atoms with Gasteiger partial charge in [0, 0.05) is 38.6 Å². The maximum Gasteiger partial charge on any atom is 0.225 e. The fourth-order valence-electron chi connectivity index (χ4n) is 2.80. The molecule has 0 bridgehead atoms. The third kappa shape index (κ3) is 5.21. The first-order valence-corrected chi connectivity index (χ1v) is 8.36. The summed E-state index contributed by atoms with van der Waals surface area (Å²) in [5, 5.41) is 6.89. The molecule has 1 saturated heterocycles. The molecule has 2 fully saturated rings. The molecule has 120 valence electrons. The summed E-state index contributed by atoms with van der Waals surface area (Å²) in [5.74, 6) is 2.23. The number of nitrogens with zero attached hydrogens (tertiary/aromatic N) is 2. The van der Waals surface area contributed by atoms with Crippen LogP contribution in [0.5, 0.6) is 0 Å². The van der Waals surface area contributed by atoms with Crippen LogP contribution in [0.25, 0.3) is 0 Å². The summed E-state index contributed by atoms with van der Waals surface area (Å²) in [7, 11) is 1.82. The third-order valence-corrected chi connectivity index (χ3v) is 4.41. The number of piperidine rings is 1. The van der Waals surface area contributed by atoms with Crippen molar-refractivity contribution in [3.8, 4) is 0 Å². The molecule has 0 unspecified atom stereocenters. The Bertz CT molecular complexity index is 368. The van der Waals surface area contributed by atoms with Crippen molar-refractivity contribution in [2.45, 2.75) is 52.0 Å². The van der Waals surface area contributed by atoms with Gasteiger partial charge in [0.05, 0.1) is 0 Å². The van der Waals surface area contributed by atoms with Gasteiger partial charge in [0.15, 0.2) is 5.96 Å². The molecule has 1 aliphatic carbocycles. The molecular weight excluding hydrogens is 264 g/mol. The van der Waals surface area contributed by atoms with Gasteiger partial charge in [-0.2, -0.15) is 0 Å². The molecule has 5 nitrogen and oxygen atoms in total. The number of rotatable bonds is 5. The first kappa shape index (κ1) is 16.1. The van der Waals surface area contributed by atoms with Gasteiger partial charge in [0.1, 0.15) is 0 Å². The molecule has 0 spiro atoms.